The molecule has 0 aliphatic rings. The van der Waals surface area contributed by atoms with E-state index in [0.29, 0.717) is 6.61 Å². The van der Waals surface area contributed by atoms with Gasteiger partial charge in [0.15, 0.2) is 0 Å². The highest BCUT2D eigenvalue weighted by Gasteiger charge is 2.21. The van der Waals surface area contributed by atoms with E-state index in [2.05, 4.69) is 19.6 Å². The van der Waals surface area contributed by atoms with Gasteiger partial charge in [-0.1, -0.05) is 19.6 Å². The Bertz CT molecular complexity index is 870. The number of rotatable bonds is 7. The largest absolute Gasteiger partial charge is 0.478 e. The zero-order valence-corrected chi connectivity index (χ0v) is 16.3. The van der Waals surface area contributed by atoms with E-state index in [1.807, 2.05) is 0 Å². The summed E-state index contributed by atoms with van der Waals surface area (Å²) in [7, 11) is 0.251. The summed E-state index contributed by atoms with van der Waals surface area (Å²) in [5, 5.41) is 9.64. The first-order valence-electron chi connectivity index (χ1n) is 7.38. The third kappa shape index (κ3) is 4.38. The quantitative estimate of drug-likeness (QED) is 0.444. The summed E-state index contributed by atoms with van der Waals surface area (Å²) in [6.45, 7) is 7.44. The van der Waals surface area contributed by atoms with Crippen LogP contribution >= 0.6 is 10.7 Å². The molecule has 0 aliphatic carbocycles. The number of ether oxygens (including phenoxy) is 1. The minimum Gasteiger partial charge on any atom is -0.478 e. The first kappa shape index (κ1) is 19.0. The van der Waals surface area contributed by atoms with Gasteiger partial charge in [0.05, 0.1) is 16.0 Å². The SMILES string of the molecule is C[Si](C)(C)CCOCn1ccc2c(S(=O)(=O)Cl)ccc(C(=O)O)c21. The van der Waals surface area contributed by atoms with Crippen LogP contribution in [0.2, 0.25) is 25.7 Å². The molecule has 6 nitrogen and oxygen atoms in total. The molecule has 0 spiro atoms. The van der Waals surface area contributed by atoms with Crippen molar-refractivity contribution in [2.45, 2.75) is 37.3 Å². The van der Waals surface area contributed by atoms with Gasteiger partial charge in [0.2, 0.25) is 0 Å². The minimum atomic E-state index is -3.97. The summed E-state index contributed by atoms with van der Waals surface area (Å²) in [5.41, 5.74) is 0.296. The highest BCUT2D eigenvalue weighted by atomic mass is 35.7. The average Bonchev–Trinajstić information content (AvgIpc) is 2.84. The highest BCUT2D eigenvalue weighted by Crippen LogP contribution is 2.29. The smallest absolute Gasteiger partial charge is 0.337 e. The van der Waals surface area contributed by atoms with Gasteiger partial charge < -0.3 is 14.4 Å². The number of carboxylic acids is 1. The van der Waals surface area contributed by atoms with E-state index < -0.39 is 23.1 Å². The Balaban J connectivity index is 2.39. The van der Waals surface area contributed by atoms with Crippen LogP contribution in [0.15, 0.2) is 29.3 Å². The van der Waals surface area contributed by atoms with Crippen molar-refractivity contribution in [1.29, 1.82) is 0 Å². The molecule has 24 heavy (non-hydrogen) atoms. The molecule has 0 saturated carbocycles. The number of hydrogen-bond acceptors (Lipinski definition) is 4. The lowest BCUT2D eigenvalue weighted by Gasteiger charge is -2.16. The fraction of sp³-hybridized carbons (Fsp3) is 0.400. The van der Waals surface area contributed by atoms with Crippen molar-refractivity contribution in [2.75, 3.05) is 6.61 Å². The van der Waals surface area contributed by atoms with Gasteiger partial charge in [0.25, 0.3) is 9.05 Å². The summed E-state index contributed by atoms with van der Waals surface area (Å²) in [4.78, 5) is 11.4. The van der Waals surface area contributed by atoms with Crippen molar-refractivity contribution in [3.8, 4) is 0 Å². The van der Waals surface area contributed by atoms with E-state index >= 15 is 0 Å². The van der Waals surface area contributed by atoms with Crippen LogP contribution in [0.5, 0.6) is 0 Å². The van der Waals surface area contributed by atoms with Crippen molar-refractivity contribution in [3.63, 3.8) is 0 Å². The topological polar surface area (TPSA) is 85.6 Å². The number of carboxylic acid groups (broad SMARTS) is 1. The molecule has 0 amide bonds. The van der Waals surface area contributed by atoms with Crippen LogP contribution in [0.1, 0.15) is 10.4 Å². The molecule has 0 atom stereocenters. The molecule has 2 aromatic rings. The summed E-state index contributed by atoms with van der Waals surface area (Å²) in [6.07, 6.45) is 1.61. The van der Waals surface area contributed by atoms with E-state index in [1.54, 1.807) is 16.8 Å². The number of hydrogen-bond donors (Lipinski definition) is 1. The van der Waals surface area contributed by atoms with Crippen molar-refractivity contribution in [2.24, 2.45) is 0 Å². The Morgan fingerprint density at radius 1 is 1.29 bits per heavy atom. The number of benzene rings is 1. The fourth-order valence-electron chi connectivity index (χ4n) is 2.33. The highest BCUT2D eigenvalue weighted by molar-refractivity contribution is 8.14. The summed E-state index contributed by atoms with van der Waals surface area (Å²) >= 11 is 0. The fourth-order valence-corrected chi connectivity index (χ4v) is 4.15. The molecular weight excluding hydrogens is 370 g/mol. The van der Waals surface area contributed by atoms with Crippen LogP contribution in [-0.4, -0.2) is 38.7 Å². The molecule has 0 bridgehead atoms. The van der Waals surface area contributed by atoms with Crippen molar-refractivity contribution < 1.29 is 23.1 Å². The molecule has 0 saturated heterocycles. The number of halogens is 1. The lowest BCUT2D eigenvalue weighted by molar-refractivity contribution is 0.0696. The van der Waals surface area contributed by atoms with E-state index in [9.17, 15) is 18.3 Å². The number of aromatic nitrogens is 1. The lowest BCUT2D eigenvalue weighted by Crippen LogP contribution is -2.22. The van der Waals surface area contributed by atoms with E-state index in [4.69, 9.17) is 15.4 Å². The molecule has 9 heteroatoms. The van der Waals surface area contributed by atoms with Crippen LogP contribution in [0, 0.1) is 0 Å². The number of aromatic carboxylic acids is 1. The standard InChI is InChI=1S/C15H20ClNO5SSi/c1-24(2,3)9-8-22-10-17-7-6-11-13(23(16,20)21)5-4-12(14(11)17)15(18)19/h4-7H,8-10H2,1-3H3,(H,18,19). The van der Waals surface area contributed by atoms with Gasteiger partial charge in [-0.05, 0) is 24.2 Å². The second kappa shape index (κ2) is 6.87. The average molecular weight is 390 g/mol. The molecule has 1 heterocycles. The van der Waals surface area contributed by atoms with Gasteiger partial charge >= 0.3 is 5.97 Å². The maximum absolute atomic E-state index is 11.7. The van der Waals surface area contributed by atoms with Gasteiger partial charge in [0.1, 0.15) is 6.73 Å². The molecule has 0 fully saturated rings. The van der Waals surface area contributed by atoms with Crippen LogP contribution in [-0.2, 0) is 20.5 Å². The Kier molecular flexibility index (Phi) is 5.43. The van der Waals surface area contributed by atoms with Crippen LogP contribution in [0.4, 0.5) is 0 Å². The molecule has 2 rings (SSSR count). The van der Waals surface area contributed by atoms with Gasteiger partial charge in [-0.15, -0.1) is 0 Å². The summed E-state index contributed by atoms with van der Waals surface area (Å²) in [6, 6.07) is 4.99. The first-order valence-corrected chi connectivity index (χ1v) is 13.4. The molecule has 132 valence electrons. The zero-order chi connectivity index (χ0) is 18.1. The number of fused-ring (bicyclic) bond motifs is 1. The third-order valence-electron chi connectivity index (χ3n) is 3.61. The van der Waals surface area contributed by atoms with E-state index in [1.165, 1.54) is 12.1 Å². The maximum atomic E-state index is 11.7. The summed E-state index contributed by atoms with van der Waals surface area (Å²) in [5.74, 6) is -1.14. The van der Waals surface area contributed by atoms with Gasteiger partial charge in [-0.2, -0.15) is 0 Å². The van der Waals surface area contributed by atoms with E-state index in [-0.39, 0.29) is 28.1 Å². The first-order chi connectivity index (χ1) is 11.0. The molecule has 1 N–H and O–H groups in total. The number of nitrogens with zero attached hydrogens (tertiary/aromatic N) is 1. The molecule has 1 aromatic carbocycles. The molecule has 0 aliphatic heterocycles. The normalized spacial score (nSPS) is 12.7. The summed E-state index contributed by atoms with van der Waals surface area (Å²) < 4.78 is 30.6. The lowest BCUT2D eigenvalue weighted by atomic mass is 10.1. The Hall–Kier alpha value is -1.35. The Morgan fingerprint density at radius 2 is 1.96 bits per heavy atom. The maximum Gasteiger partial charge on any atom is 0.337 e. The van der Waals surface area contributed by atoms with Crippen LogP contribution in [0.25, 0.3) is 10.9 Å². The third-order valence-corrected chi connectivity index (χ3v) is 6.69. The zero-order valence-electron chi connectivity index (χ0n) is 13.7. The van der Waals surface area contributed by atoms with Crippen LogP contribution in [0.3, 0.4) is 0 Å². The second-order valence-corrected chi connectivity index (χ2v) is 14.9. The van der Waals surface area contributed by atoms with Gasteiger partial charge in [-0.3, -0.25) is 0 Å². The van der Waals surface area contributed by atoms with E-state index in [0.717, 1.165) is 6.04 Å². The molecule has 0 unspecified atom stereocenters. The second-order valence-electron chi connectivity index (χ2n) is 6.75. The Labute approximate surface area is 146 Å². The molecule has 1 aromatic heterocycles. The van der Waals surface area contributed by atoms with Crippen molar-refractivity contribution >= 4 is 44.7 Å². The van der Waals surface area contributed by atoms with Crippen molar-refractivity contribution in [3.05, 3.63) is 30.0 Å². The number of carbonyl (C=O) groups is 1. The van der Waals surface area contributed by atoms with Crippen LogP contribution < -0.4 is 0 Å². The van der Waals surface area contributed by atoms with Crippen molar-refractivity contribution in [1.82, 2.24) is 4.57 Å². The predicted molar refractivity (Wildman–Crippen MR) is 96.0 cm³/mol. The predicted octanol–water partition coefficient (Wildman–Crippen LogP) is 3.58. The monoisotopic (exact) mass is 389 g/mol. The minimum absolute atomic E-state index is 0.00728. The van der Waals surface area contributed by atoms with Gasteiger partial charge in [0, 0.05) is 36.9 Å². The van der Waals surface area contributed by atoms with Gasteiger partial charge in [-0.25, -0.2) is 13.2 Å². The molecule has 0 radical (unpaired) electrons. The Morgan fingerprint density at radius 3 is 2.50 bits per heavy atom. The molecular formula is C15H20ClNO5SSi.